The predicted octanol–water partition coefficient (Wildman–Crippen LogP) is 4.41. The summed E-state index contributed by atoms with van der Waals surface area (Å²) in [4.78, 5) is 30.0. The number of carbonyl (C=O) groups excluding carboxylic acids is 1. The number of nitrogens with zero attached hydrogens (tertiary/aromatic N) is 3. The molecule has 4 rings (SSSR count). The summed E-state index contributed by atoms with van der Waals surface area (Å²) in [5, 5.41) is 8.84. The Kier molecular flexibility index (Phi) is 5.81. The molecule has 2 aromatic heterocycles. The number of aromatic nitrogens is 4. The Morgan fingerprint density at radius 3 is 2.45 bits per heavy atom. The first-order chi connectivity index (χ1) is 15.8. The van der Waals surface area contributed by atoms with Gasteiger partial charge in [0.25, 0.3) is 5.56 Å². The number of anilines is 2. The van der Waals surface area contributed by atoms with Crippen molar-refractivity contribution < 1.29 is 22.7 Å². The van der Waals surface area contributed by atoms with Crippen LogP contribution in [-0.2, 0) is 6.18 Å². The predicted molar refractivity (Wildman–Crippen MR) is 113 cm³/mol. The number of urea groups is 1. The summed E-state index contributed by atoms with van der Waals surface area (Å²) >= 11 is 0. The minimum atomic E-state index is -4.59. The topological polar surface area (TPSA) is 114 Å². The van der Waals surface area contributed by atoms with Crippen LogP contribution in [0.5, 0.6) is 11.5 Å². The molecule has 0 aliphatic carbocycles. The van der Waals surface area contributed by atoms with E-state index in [0.717, 1.165) is 12.1 Å². The molecule has 0 bridgehead atoms. The lowest BCUT2D eigenvalue weighted by atomic mass is 10.1. The summed E-state index contributed by atoms with van der Waals surface area (Å²) in [6.45, 7) is 0. The molecule has 168 valence electrons. The molecule has 4 aromatic rings. The molecule has 2 aromatic carbocycles. The van der Waals surface area contributed by atoms with Gasteiger partial charge in [-0.1, -0.05) is 0 Å². The third-order valence-electron chi connectivity index (χ3n) is 4.33. The Balaban J connectivity index is 1.48. The molecule has 0 spiro atoms. The summed E-state index contributed by atoms with van der Waals surface area (Å²) in [6.07, 6.45) is -0.631. The van der Waals surface area contributed by atoms with Gasteiger partial charge in [-0.15, -0.1) is 0 Å². The van der Waals surface area contributed by atoms with E-state index in [1.807, 2.05) is 0 Å². The number of hydrogen-bond donors (Lipinski definition) is 3. The minimum absolute atomic E-state index is 0.109. The number of aromatic amines is 1. The van der Waals surface area contributed by atoms with Gasteiger partial charge in [-0.3, -0.25) is 4.79 Å². The van der Waals surface area contributed by atoms with Gasteiger partial charge < -0.3 is 20.4 Å². The molecule has 12 heteroatoms. The second kappa shape index (κ2) is 8.86. The van der Waals surface area contributed by atoms with Gasteiger partial charge in [0.15, 0.2) is 0 Å². The standard InChI is InChI=1S/C21H15F3N6O3/c22-21(23,24)13-1-6-18(30-12-25-11-27-30)17(9-13)29-20(32)28-14-2-4-15(5-3-14)33-16-7-8-26-19(31)10-16/h1-12H,(H,26,31)(H2,28,29,32). The second-order valence-electron chi connectivity index (χ2n) is 6.66. The van der Waals surface area contributed by atoms with Gasteiger partial charge in [0.1, 0.15) is 24.2 Å². The molecule has 0 atom stereocenters. The van der Waals surface area contributed by atoms with Crippen molar-refractivity contribution in [1.29, 1.82) is 0 Å². The highest BCUT2D eigenvalue weighted by Gasteiger charge is 2.31. The summed E-state index contributed by atoms with van der Waals surface area (Å²) in [6, 6.07) is 11.2. The monoisotopic (exact) mass is 456 g/mol. The number of carbonyl (C=O) groups is 1. The van der Waals surface area contributed by atoms with Crippen molar-refractivity contribution in [2.75, 3.05) is 10.6 Å². The number of benzene rings is 2. The maximum Gasteiger partial charge on any atom is 0.416 e. The van der Waals surface area contributed by atoms with Gasteiger partial charge in [-0.25, -0.2) is 14.5 Å². The van der Waals surface area contributed by atoms with Crippen LogP contribution in [0.2, 0.25) is 0 Å². The Morgan fingerprint density at radius 1 is 1.00 bits per heavy atom. The zero-order valence-electron chi connectivity index (χ0n) is 16.6. The van der Waals surface area contributed by atoms with E-state index in [2.05, 4.69) is 25.7 Å². The van der Waals surface area contributed by atoms with Crippen molar-refractivity contribution in [3.63, 3.8) is 0 Å². The van der Waals surface area contributed by atoms with Crippen LogP contribution in [0, 0.1) is 0 Å². The first kappa shape index (κ1) is 21.6. The molecule has 9 nitrogen and oxygen atoms in total. The van der Waals surface area contributed by atoms with E-state index in [1.54, 1.807) is 18.2 Å². The third kappa shape index (κ3) is 5.36. The number of alkyl halides is 3. The molecule has 0 aliphatic heterocycles. The van der Waals surface area contributed by atoms with E-state index in [9.17, 15) is 22.8 Å². The normalized spacial score (nSPS) is 11.1. The number of amides is 2. The number of ether oxygens (including phenoxy) is 1. The fourth-order valence-electron chi connectivity index (χ4n) is 2.86. The van der Waals surface area contributed by atoms with Crippen LogP contribution in [0.25, 0.3) is 5.69 Å². The van der Waals surface area contributed by atoms with Crippen LogP contribution in [-0.4, -0.2) is 25.8 Å². The van der Waals surface area contributed by atoms with Crippen LogP contribution < -0.4 is 20.9 Å². The maximum atomic E-state index is 13.1. The molecule has 0 saturated heterocycles. The number of H-pyrrole nitrogens is 1. The lowest BCUT2D eigenvalue weighted by Crippen LogP contribution is -2.21. The Hall–Kier alpha value is -4.61. The quantitative estimate of drug-likeness (QED) is 0.412. The van der Waals surface area contributed by atoms with Gasteiger partial charge in [-0.05, 0) is 48.5 Å². The SMILES string of the molecule is O=C(Nc1ccc(Oc2cc[nH]c(=O)c2)cc1)Nc1cc(C(F)(F)F)ccc1-n1cncn1. The largest absolute Gasteiger partial charge is 0.457 e. The molecule has 0 aliphatic rings. The van der Waals surface area contributed by atoms with Crippen LogP contribution >= 0.6 is 0 Å². The Morgan fingerprint density at radius 2 is 1.79 bits per heavy atom. The highest BCUT2D eigenvalue weighted by Crippen LogP contribution is 2.33. The molecular formula is C21H15F3N6O3. The first-order valence-electron chi connectivity index (χ1n) is 9.39. The lowest BCUT2D eigenvalue weighted by molar-refractivity contribution is -0.137. The maximum absolute atomic E-state index is 13.1. The van der Waals surface area contributed by atoms with Crippen molar-refractivity contribution in [1.82, 2.24) is 19.7 Å². The van der Waals surface area contributed by atoms with E-state index < -0.39 is 17.8 Å². The number of pyridine rings is 1. The van der Waals surface area contributed by atoms with Crippen LogP contribution in [0.15, 0.2) is 78.2 Å². The molecule has 2 amide bonds. The zero-order valence-corrected chi connectivity index (χ0v) is 16.6. The highest BCUT2D eigenvalue weighted by atomic mass is 19.4. The number of halogens is 3. The van der Waals surface area contributed by atoms with Crippen LogP contribution in [0.1, 0.15) is 5.56 Å². The molecule has 33 heavy (non-hydrogen) atoms. The van der Waals surface area contributed by atoms with E-state index in [0.29, 0.717) is 17.2 Å². The minimum Gasteiger partial charge on any atom is -0.457 e. The van der Waals surface area contributed by atoms with Gasteiger partial charge in [0.2, 0.25) is 0 Å². The number of rotatable bonds is 5. The molecule has 3 N–H and O–H groups in total. The third-order valence-corrected chi connectivity index (χ3v) is 4.33. The van der Waals surface area contributed by atoms with E-state index in [1.165, 1.54) is 47.8 Å². The van der Waals surface area contributed by atoms with E-state index in [-0.39, 0.29) is 16.9 Å². The van der Waals surface area contributed by atoms with Gasteiger partial charge in [0, 0.05) is 18.0 Å². The molecule has 0 saturated carbocycles. The average Bonchev–Trinajstić information content (AvgIpc) is 3.29. The Labute approximate surface area is 183 Å². The van der Waals surface area contributed by atoms with Crippen molar-refractivity contribution in [2.45, 2.75) is 6.18 Å². The lowest BCUT2D eigenvalue weighted by Gasteiger charge is -2.15. The fourth-order valence-corrected chi connectivity index (χ4v) is 2.86. The van der Waals surface area contributed by atoms with Crippen molar-refractivity contribution in [3.8, 4) is 17.2 Å². The van der Waals surface area contributed by atoms with Crippen molar-refractivity contribution in [3.05, 3.63) is 89.4 Å². The fraction of sp³-hybridized carbons (Fsp3) is 0.0476. The van der Waals surface area contributed by atoms with Crippen LogP contribution in [0.3, 0.4) is 0 Å². The Bertz CT molecular complexity index is 1320. The molecule has 0 radical (unpaired) electrons. The summed E-state index contributed by atoms with van der Waals surface area (Å²) in [5.74, 6) is 0.750. The average molecular weight is 456 g/mol. The van der Waals surface area contributed by atoms with E-state index >= 15 is 0 Å². The smallest absolute Gasteiger partial charge is 0.416 e. The van der Waals surface area contributed by atoms with Crippen molar-refractivity contribution >= 4 is 17.4 Å². The summed E-state index contributed by atoms with van der Waals surface area (Å²) < 4.78 is 46.2. The summed E-state index contributed by atoms with van der Waals surface area (Å²) in [5.41, 5.74) is -0.787. The number of hydrogen-bond acceptors (Lipinski definition) is 5. The second-order valence-corrected chi connectivity index (χ2v) is 6.66. The van der Waals surface area contributed by atoms with E-state index in [4.69, 9.17) is 4.74 Å². The van der Waals surface area contributed by atoms with Gasteiger partial charge in [-0.2, -0.15) is 18.3 Å². The van der Waals surface area contributed by atoms with Crippen molar-refractivity contribution in [2.24, 2.45) is 0 Å². The van der Waals surface area contributed by atoms with Crippen LogP contribution in [0.4, 0.5) is 29.3 Å². The zero-order chi connectivity index (χ0) is 23.4. The van der Waals surface area contributed by atoms with Gasteiger partial charge >= 0.3 is 12.2 Å². The number of nitrogens with one attached hydrogen (secondary N) is 3. The molecular weight excluding hydrogens is 441 g/mol. The molecule has 0 unspecified atom stereocenters. The summed E-state index contributed by atoms with van der Waals surface area (Å²) in [7, 11) is 0. The molecule has 2 heterocycles. The molecule has 0 fully saturated rings. The first-order valence-corrected chi connectivity index (χ1v) is 9.39. The van der Waals surface area contributed by atoms with Gasteiger partial charge in [0.05, 0.1) is 16.9 Å². The highest BCUT2D eigenvalue weighted by molar-refractivity contribution is 6.01.